The van der Waals surface area contributed by atoms with Gasteiger partial charge in [0.25, 0.3) is 0 Å². The molecule has 134 valence electrons. The number of sulfonamides is 1. The largest absolute Gasteiger partial charge is 0.493 e. The van der Waals surface area contributed by atoms with Crippen molar-refractivity contribution in [1.82, 2.24) is 4.72 Å². The summed E-state index contributed by atoms with van der Waals surface area (Å²) in [5.41, 5.74) is 1.49. The lowest BCUT2D eigenvalue weighted by atomic mass is 10.2. The molecule has 1 N–H and O–H groups in total. The Kier molecular flexibility index (Phi) is 6.44. The Balaban J connectivity index is 2.13. The first kappa shape index (κ1) is 18.8. The van der Waals surface area contributed by atoms with Gasteiger partial charge in [0.15, 0.2) is 11.5 Å². The van der Waals surface area contributed by atoms with Crippen molar-refractivity contribution in [3.63, 3.8) is 0 Å². The number of benzene rings is 2. The molecule has 0 fully saturated rings. The zero-order valence-electron chi connectivity index (χ0n) is 14.4. The molecule has 2 aromatic carbocycles. The van der Waals surface area contributed by atoms with Crippen LogP contribution in [-0.4, -0.2) is 29.7 Å². The van der Waals surface area contributed by atoms with Crippen LogP contribution in [0.3, 0.4) is 0 Å². The molecule has 0 aliphatic rings. The maximum atomic E-state index is 12.1. The van der Waals surface area contributed by atoms with Gasteiger partial charge in [0.1, 0.15) is 0 Å². The maximum absolute atomic E-state index is 12.1. The average molecular weight is 363 g/mol. The van der Waals surface area contributed by atoms with Crippen molar-refractivity contribution in [2.24, 2.45) is 0 Å². The van der Waals surface area contributed by atoms with Crippen LogP contribution in [0.25, 0.3) is 6.08 Å². The van der Waals surface area contributed by atoms with E-state index in [-0.39, 0.29) is 6.54 Å². The van der Waals surface area contributed by atoms with Crippen molar-refractivity contribution in [3.05, 3.63) is 59.0 Å². The molecule has 0 bridgehead atoms. The third-order valence-electron chi connectivity index (χ3n) is 3.44. The lowest BCUT2D eigenvalue weighted by molar-refractivity contribution is 0.323. The van der Waals surface area contributed by atoms with Crippen LogP contribution >= 0.6 is 0 Å². The van der Waals surface area contributed by atoms with Crippen molar-refractivity contribution in [2.45, 2.75) is 6.54 Å². The topological polar surface area (TPSA) is 73.9 Å². The second-order valence-corrected chi connectivity index (χ2v) is 6.76. The van der Waals surface area contributed by atoms with Gasteiger partial charge in [0, 0.05) is 12.0 Å². The molecule has 0 heterocycles. The lowest BCUT2D eigenvalue weighted by Gasteiger charge is -2.14. The van der Waals surface area contributed by atoms with Crippen molar-refractivity contribution >= 4 is 16.1 Å². The minimum atomic E-state index is -3.58. The highest BCUT2D eigenvalue weighted by Crippen LogP contribution is 2.38. The number of hydrogen-bond donors (Lipinski definition) is 1. The standard InChI is InChI=1S/C18H21NO5S/c1-22-16-11-15(12-17(23-2)18(16)24-3)13-19-25(20,21)10-9-14-7-5-4-6-8-14/h4-12,19H,13H2,1-3H3/b10-9+. The summed E-state index contributed by atoms with van der Waals surface area (Å²) >= 11 is 0. The van der Waals surface area contributed by atoms with Crippen LogP contribution in [-0.2, 0) is 16.6 Å². The molecule has 0 atom stereocenters. The molecule has 0 aliphatic heterocycles. The summed E-state index contributed by atoms with van der Waals surface area (Å²) in [6, 6.07) is 12.6. The summed E-state index contributed by atoms with van der Waals surface area (Å²) in [5, 5.41) is 1.14. The zero-order valence-corrected chi connectivity index (χ0v) is 15.2. The van der Waals surface area contributed by atoms with E-state index in [9.17, 15) is 8.42 Å². The van der Waals surface area contributed by atoms with E-state index in [0.29, 0.717) is 22.8 Å². The Morgan fingerprint density at radius 3 is 2.08 bits per heavy atom. The summed E-state index contributed by atoms with van der Waals surface area (Å²) < 4.78 is 42.5. The Bertz CT molecular complexity index is 807. The van der Waals surface area contributed by atoms with Crippen LogP contribution in [0.5, 0.6) is 17.2 Å². The van der Waals surface area contributed by atoms with Crippen LogP contribution < -0.4 is 18.9 Å². The summed E-state index contributed by atoms with van der Waals surface area (Å²) in [6.45, 7) is 0.0954. The highest BCUT2D eigenvalue weighted by atomic mass is 32.2. The molecular formula is C18H21NO5S. The summed E-state index contributed by atoms with van der Waals surface area (Å²) in [4.78, 5) is 0. The van der Waals surface area contributed by atoms with E-state index >= 15 is 0 Å². The molecule has 2 aromatic rings. The first-order valence-corrected chi connectivity index (χ1v) is 9.05. The molecular weight excluding hydrogens is 342 g/mol. The second kappa shape index (κ2) is 8.55. The Morgan fingerprint density at radius 1 is 0.960 bits per heavy atom. The van der Waals surface area contributed by atoms with Crippen LogP contribution in [0, 0.1) is 0 Å². The van der Waals surface area contributed by atoms with Gasteiger partial charge in [-0.15, -0.1) is 0 Å². The summed E-state index contributed by atoms with van der Waals surface area (Å²) in [6.07, 6.45) is 1.54. The number of nitrogens with one attached hydrogen (secondary N) is 1. The van der Waals surface area contributed by atoms with Crippen molar-refractivity contribution in [2.75, 3.05) is 21.3 Å². The summed E-state index contributed by atoms with van der Waals surface area (Å²) in [7, 11) is 0.950. The van der Waals surface area contributed by atoms with E-state index in [2.05, 4.69) is 4.72 Å². The highest BCUT2D eigenvalue weighted by Gasteiger charge is 2.14. The van der Waals surface area contributed by atoms with Gasteiger partial charge in [-0.1, -0.05) is 30.3 Å². The van der Waals surface area contributed by atoms with E-state index in [1.807, 2.05) is 30.3 Å². The average Bonchev–Trinajstić information content (AvgIpc) is 2.64. The molecule has 0 amide bonds. The molecule has 6 nitrogen and oxygen atoms in total. The van der Waals surface area contributed by atoms with Crippen LogP contribution in [0.15, 0.2) is 47.9 Å². The number of hydrogen-bond acceptors (Lipinski definition) is 5. The fourth-order valence-electron chi connectivity index (χ4n) is 2.20. The van der Waals surface area contributed by atoms with Gasteiger partial charge in [-0.3, -0.25) is 0 Å². The van der Waals surface area contributed by atoms with E-state index in [1.165, 1.54) is 27.4 Å². The van der Waals surface area contributed by atoms with E-state index in [1.54, 1.807) is 12.1 Å². The van der Waals surface area contributed by atoms with Gasteiger partial charge in [0.2, 0.25) is 15.8 Å². The van der Waals surface area contributed by atoms with Gasteiger partial charge in [0.05, 0.1) is 21.3 Å². The third-order valence-corrected chi connectivity index (χ3v) is 4.48. The van der Waals surface area contributed by atoms with Crippen molar-refractivity contribution in [1.29, 1.82) is 0 Å². The minimum absolute atomic E-state index is 0.0954. The fourth-order valence-corrected chi connectivity index (χ4v) is 3.00. The lowest BCUT2D eigenvalue weighted by Crippen LogP contribution is -2.20. The molecule has 0 unspecified atom stereocenters. The second-order valence-electron chi connectivity index (χ2n) is 5.11. The molecule has 0 aliphatic carbocycles. The van der Waals surface area contributed by atoms with E-state index in [0.717, 1.165) is 11.0 Å². The first-order valence-electron chi connectivity index (χ1n) is 7.50. The van der Waals surface area contributed by atoms with Crippen molar-refractivity contribution < 1.29 is 22.6 Å². The molecule has 0 saturated carbocycles. The van der Waals surface area contributed by atoms with Gasteiger partial charge in [-0.2, -0.15) is 0 Å². The monoisotopic (exact) mass is 363 g/mol. The number of rotatable bonds is 8. The van der Waals surface area contributed by atoms with Gasteiger partial charge >= 0.3 is 0 Å². The molecule has 0 saturated heterocycles. The molecule has 25 heavy (non-hydrogen) atoms. The number of ether oxygens (including phenoxy) is 3. The van der Waals surface area contributed by atoms with Crippen LogP contribution in [0.1, 0.15) is 11.1 Å². The normalized spacial score (nSPS) is 11.5. The Labute approximate surface area is 148 Å². The summed E-state index contributed by atoms with van der Waals surface area (Å²) in [5.74, 6) is 1.40. The highest BCUT2D eigenvalue weighted by molar-refractivity contribution is 7.92. The quantitative estimate of drug-likeness (QED) is 0.781. The number of methoxy groups -OCH3 is 3. The maximum Gasteiger partial charge on any atom is 0.234 e. The van der Waals surface area contributed by atoms with Gasteiger partial charge < -0.3 is 14.2 Å². The minimum Gasteiger partial charge on any atom is -0.493 e. The van der Waals surface area contributed by atoms with Crippen molar-refractivity contribution in [3.8, 4) is 17.2 Å². The third kappa shape index (κ3) is 5.23. The van der Waals surface area contributed by atoms with E-state index < -0.39 is 10.0 Å². The Hall–Kier alpha value is -2.51. The van der Waals surface area contributed by atoms with Gasteiger partial charge in [-0.05, 0) is 29.3 Å². The molecule has 0 spiro atoms. The smallest absolute Gasteiger partial charge is 0.234 e. The fraction of sp³-hybridized carbons (Fsp3) is 0.222. The predicted octanol–water partition coefficient (Wildman–Crippen LogP) is 2.80. The molecule has 0 aromatic heterocycles. The first-order chi connectivity index (χ1) is 12.0. The van der Waals surface area contributed by atoms with Crippen LogP contribution in [0.2, 0.25) is 0 Å². The molecule has 7 heteroatoms. The predicted molar refractivity (Wildman–Crippen MR) is 97.3 cm³/mol. The SMILES string of the molecule is COc1cc(CNS(=O)(=O)/C=C/c2ccccc2)cc(OC)c1OC. The zero-order chi connectivity index (χ0) is 18.3. The van der Waals surface area contributed by atoms with Gasteiger partial charge in [-0.25, -0.2) is 13.1 Å². The molecule has 0 radical (unpaired) electrons. The van der Waals surface area contributed by atoms with Crippen LogP contribution in [0.4, 0.5) is 0 Å². The Morgan fingerprint density at radius 2 is 1.56 bits per heavy atom. The van der Waals surface area contributed by atoms with E-state index in [4.69, 9.17) is 14.2 Å². The molecule has 2 rings (SSSR count).